The molecule has 1 heterocycles. The topological polar surface area (TPSA) is 26.0 Å². The molecule has 0 saturated carbocycles. The Morgan fingerprint density at radius 3 is 2.75 bits per heavy atom. The molecule has 0 saturated heterocycles. The van der Waals surface area contributed by atoms with Crippen molar-refractivity contribution in [2.24, 2.45) is 5.73 Å². The first-order valence-electron chi connectivity index (χ1n) is 3.78. The molecule has 2 N–H and O–H groups in total. The Bertz CT molecular complexity index is 289. The van der Waals surface area contributed by atoms with E-state index in [9.17, 15) is 0 Å². The average Bonchev–Trinajstić information content (AvgIpc) is 2.30. The van der Waals surface area contributed by atoms with E-state index in [1.54, 1.807) is 11.3 Å². The molecule has 1 rings (SSSR count). The highest BCUT2D eigenvalue weighted by Crippen LogP contribution is 2.28. The van der Waals surface area contributed by atoms with Crippen LogP contribution in [0, 0.1) is 6.92 Å². The van der Waals surface area contributed by atoms with Crippen LogP contribution in [0.4, 0.5) is 0 Å². The summed E-state index contributed by atoms with van der Waals surface area (Å²) in [5.74, 6) is 0. The van der Waals surface area contributed by atoms with Crippen LogP contribution in [0.25, 0.3) is 6.08 Å². The first-order valence-corrected chi connectivity index (χ1v) is 5.46. The summed E-state index contributed by atoms with van der Waals surface area (Å²) in [5.41, 5.74) is 6.88. The van der Waals surface area contributed by atoms with E-state index in [4.69, 9.17) is 5.73 Å². The van der Waals surface area contributed by atoms with E-state index in [2.05, 4.69) is 34.3 Å². The maximum absolute atomic E-state index is 5.60. The number of aryl methyl sites for hydroxylation is 1. The summed E-state index contributed by atoms with van der Waals surface area (Å²) in [6, 6.07) is 0.124. The third-order valence-corrected chi connectivity index (χ3v) is 3.86. The second-order valence-electron chi connectivity index (χ2n) is 2.82. The number of hydrogen-bond donors (Lipinski definition) is 1. The highest BCUT2D eigenvalue weighted by Gasteiger charge is 2.01. The van der Waals surface area contributed by atoms with Crippen molar-refractivity contribution >= 4 is 33.3 Å². The zero-order chi connectivity index (χ0) is 9.14. The number of halogens is 1. The van der Waals surface area contributed by atoms with Gasteiger partial charge >= 0.3 is 0 Å². The van der Waals surface area contributed by atoms with Crippen molar-refractivity contribution in [1.82, 2.24) is 0 Å². The maximum atomic E-state index is 5.60. The Morgan fingerprint density at radius 1 is 1.67 bits per heavy atom. The van der Waals surface area contributed by atoms with E-state index in [0.29, 0.717) is 0 Å². The molecule has 0 aliphatic carbocycles. The Balaban J connectivity index is 2.83. The molecule has 3 heteroatoms. The van der Waals surface area contributed by atoms with Crippen molar-refractivity contribution in [3.8, 4) is 0 Å². The van der Waals surface area contributed by atoms with E-state index in [0.717, 1.165) is 0 Å². The molecule has 1 atom stereocenters. The standard InChI is InChI=1S/C9H12BrNS/c1-6-5-12-8(9(6)10)4-3-7(2)11/h3-5,7H,11H2,1-2H3/b4-3+. The van der Waals surface area contributed by atoms with E-state index in [1.807, 2.05) is 13.0 Å². The number of nitrogens with two attached hydrogens (primary N) is 1. The highest BCUT2D eigenvalue weighted by molar-refractivity contribution is 9.10. The summed E-state index contributed by atoms with van der Waals surface area (Å²) < 4.78 is 1.18. The molecule has 0 aliphatic rings. The Labute approximate surface area is 85.4 Å². The third-order valence-electron chi connectivity index (χ3n) is 1.48. The molecule has 12 heavy (non-hydrogen) atoms. The second kappa shape index (κ2) is 4.21. The lowest BCUT2D eigenvalue weighted by Gasteiger charge is -1.94. The molecule has 1 nitrogen and oxygen atoms in total. The minimum Gasteiger partial charge on any atom is -0.325 e. The van der Waals surface area contributed by atoms with Crippen LogP contribution in [-0.4, -0.2) is 6.04 Å². The van der Waals surface area contributed by atoms with E-state index >= 15 is 0 Å². The quantitative estimate of drug-likeness (QED) is 0.852. The highest BCUT2D eigenvalue weighted by atomic mass is 79.9. The zero-order valence-corrected chi connectivity index (χ0v) is 9.58. The summed E-state index contributed by atoms with van der Waals surface area (Å²) in [4.78, 5) is 1.24. The van der Waals surface area contributed by atoms with Crippen LogP contribution in [0.2, 0.25) is 0 Å². The van der Waals surface area contributed by atoms with Crippen molar-refractivity contribution in [2.45, 2.75) is 19.9 Å². The summed E-state index contributed by atoms with van der Waals surface area (Å²) in [6.07, 6.45) is 4.06. The van der Waals surface area contributed by atoms with E-state index in [-0.39, 0.29) is 6.04 Å². The monoisotopic (exact) mass is 245 g/mol. The Hall–Kier alpha value is -0.120. The van der Waals surface area contributed by atoms with Crippen LogP contribution >= 0.6 is 27.3 Å². The van der Waals surface area contributed by atoms with Gasteiger partial charge in [0.15, 0.2) is 0 Å². The number of rotatable bonds is 2. The fourth-order valence-corrected chi connectivity index (χ4v) is 2.32. The van der Waals surface area contributed by atoms with Gasteiger partial charge < -0.3 is 5.73 Å². The maximum Gasteiger partial charge on any atom is 0.0412 e. The molecule has 1 unspecified atom stereocenters. The molecule has 66 valence electrons. The molecular weight excluding hydrogens is 234 g/mol. The molecule has 0 spiro atoms. The van der Waals surface area contributed by atoms with Gasteiger partial charge in [-0.3, -0.25) is 0 Å². The summed E-state index contributed by atoms with van der Waals surface area (Å²) in [5, 5.41) is 2.13. The van der Waals surface area contributed by atoms with Gasteiger partial charge in [0.1, 0.15) is 0 Å². The Kier molecular flexibility index (Phi) is 3.50. The van der Waals surface area contributed by atoms with Gasteiger partial charge in [0.05, 0.1) is 0 Å². The fraction of sp³-hybridized carbons (Fsp3) is 0.333. The lowest BCUT2D eigenvalue weighted by atomic mass is 10.3. The van der Waals surface area contributed by atoms with Crippen molar-refractivity contribution in [3.63, 3.8) is 0 Å². The summed E-state index contributed by atoms with van der Waals surface area (Å²) in [7, 11) is 0. The largest absolute Gasteiger partial charge is 0.325 e. The summed E-state index contributed by atoms with van der Waals surface area (Å²) in [6.45, 7) is 4.05. The molecule has 0 bridgehead atoms. The molecule has 0 aromatic carbocycles. The van der Waals surface area contributed by atoms with Crippen LogP contribution in [0.5, 0.6) is 0 Å². The third kappa shape index (κ3) is 2.44. The molecule has 0 radical (unpaired) electrons. The van der Waals surface area contributed by atoms with Crippen LogP contribution in [-0.2, 0) is 0 Å². The molecule has 0 aliphatic heterocycles. The first-order chi connectivity index (χ1) is 5.61. The molecular formula is C9H12BrNS. The van der Waals surface area contributed by atoms with Gasteiger partial charge in [-0.2, -0.15) is 0 Å². The molecule has 1 aromatic heterocycles. The lowest BCUT2D eigenvalue weighted by Crippen LogP contribution is -2.09. The van der Waals surface area contributed by atoms with Gasteiger partial charge in [-0.05, 0) is 46.8 Å². The first kappa shape index (κ1) is 9.96. The number of thiophene rings is 1. The lowest BCUT2D eigenvalue weighted by molar-refractivity contribution is 0.931. The predicted octanol–water partition coefficient (Wildman–Crippen LogP) is 3.18. The van der Waals surface area contributed by atoms with Gasteiger partial charge in [-0.1, -0.05) is 6.08 Å². The fourth-order valence-electron chi connectivity index (χ4n) is 0.801. The van der Waals surface area contributed by atoms with Crippen molar-refractivity contribution in [3.05, 3.63) is 26.4 Å². The molecule has 0 fully saturated rings. The minimum absolute atomic E-state index is 0.124. The zero-order valence-electron chi connectivity index (χ0n) is 7.17. The van der Waals surface area contributed by atoms with E-state index < -0.39 is 0 Å². The minimum atomic E-state index is 0.124. The van der Waals surface area contributed by atoms with Gasteiger partial charge in [0, 0.05) is 15.4 Å². The predicted molar refractivity (Wildman–Crippen MR) is 59.4 cm³/mol. The van der Waals surface area contributed by atoms with E-state index in [1.165, 1.54) is 14.9 Å². The number of hydrogen-bond acceptors (Lipinski definition) is 2. The van der Waals surface area contributed by atoms with Crippen molar-refractivity contribution in [2.75, 3.05) is 0 Å². The molecule has 0 amide bonds. The second-order valence-corrected chi connectivity index (χ2v) is 4.52. The summed E-state index contributed by atoms with van der Waals surface area (Å²) >= 11 is 5.25. The van der Waals surface area contributed by atoms with Crippen LogP contribution < -0.4 is 5.73 Å². The van der Waals surface area contributed by atoms with Gasteiger partial charge in [-0.25, -0.2) is 0 Å². The van der Waals surface area contributed by atoms with Crippen LogP contribution in [0.3, 0.4) is 0 Å². The Morgan fingerprint density at radius 2 is 2.33 bits per heavy atom. The normalized spacial score (nSPS) is 14.0. The smallest absolute Gasteiger partial charge is 0.0412 e. The van der Waals surface area contributed by atoms with Crippen LogP contribution in [0.1, 0.15) is 17.4 Å². The molecule has 1 aromatic rings. The average molecular weight is 246 g/mol. The van der Waals surface area contributed by atoms with Gasteiger partial charge in [0.2, 0.25) is 0 Å². The van der Waals surface area contributed by atoms with Gasteiger partial charge in [-0.15, -0.1) is 11.3 Å². The SMILES string of the molecule is Cc1csc(/C=C/C(C)N)c1Br. The van der Waals surface area contributed by atoms with Crippen LogP contribution in [0.15, 0.2) is 15.9 Å². The van der Waals surface area contributed by atoms with Crippen molar-refractivity contribution < 1.29 is 0 Å². The van der Waals surface area contributed by atoms with Gasteiger partial charge in [0.25, 0.3) is 0 Å². The van der Waals surface area contributed by atoms with Crippen molar-refractivity contribution in [1.29, 1.82) is 0 Å².